The molecule has 0 amide bonds. The van der Waals surface area contributed by atoms with Crippen molar-refractivity contribution in [2.24, 2.45) is 0 Å². The molecule has 0 unspecified atom stereocenters. The minimum Gasteiger partial charge on any atom is -0.466 e. The van der Waals surface area contributed by atoms with Gasteiger partial charge in [0.1, 0.15) is 12.1 Å². The Morgan fingerprint density at radius 1 is 1.12 bits per heavy atom. The average molecular weight is 383 g/mol. The van der Waals surface area contributed by atoms with E-state index >= 15 is 0 Å². The fourth-order valence-electron chi connectivity index (χ4n) is 3.27. The lowest BCUT2D eigenvalue weighted by molar-refractivity contribution is -0.157. The summed E-state index contributed by atoms with van der Waals surface area (Å²) in [6.45, 7) is 1.91. The summed E-state index contributed by atoms with van der Waals surface area (Å²) in [4.78, 5) is 24.4. The molecule has 1 aromatic carbocycles. The summed E-state index contributed by atoms with van der Waals surface area (Å²) in [7, 11) is -3.04. The number of carbonyl (C=O) groups excluding carboxylic acids is 2. The maximum absolute atomic E-state index is 12.8. The van der Waals surface area contributed by atoms with Crippen LogP contribution >= 0.6 is 0 Å². The summed E-state index contributed by atoms with van der Waals surface area (Å²) < 4.78 is 35.1. The van der Waals surface area contributed by atoms with E-state index in [4.69, 9.17) is 9.47 Å². The first-order valence-corrected chi connectivity index (χ1v) is 9.91. The molecule has 2 rings (SSSR count). The third-order valence-electron chi connectivity index (χ3n) is 4.55. The second kappa shape index (κ2) is 9.68. The summed E-state index contributed by atoms with van der Waals surface area (Å²) in [5.74, 6) is -1.04. The van der Waals surface area contributed by atoms with E-state index in [9.17, 15) is 18.0 Å². The second-order valence-corrected chi connectivity index (χ2v) is 7.17. The first-order valence-electron chi connectivity index (χ1n) is 8.78. The molecule has 0 bridgehead atoms. The van der Waals surface area contributed by atoms with Gasteiger partial charge in [-0.3, -0.25) is 4.79 Å². The highest BCUT2D eigenvalue weighted by atomic mass is 32.2. The molecule has 0 radical (unpaired) electrons. The van der Waals surface area contributed by atoms with Gasteiger partial charge in [-0.15, -0.1) is 0 Å². The molecular formula is C18H25NO6S. The predicted molar refractivity (Wildman–Crippen MR) is 95.7 cm³/mol. The van der Waals surface area contributed by atoms with Crippen LogP contribution in [0.2, 0.25) is 0 Å². The van der Waals surface area contributed by atoms with Gasteiger partial charge in [-0.1, -0.05) is 43.2 Å². The van der Waals surface area contributed by atoms with E-state index in [1.54, 1.807) is 6.92 Å². The molecule has 8 heteroatoms. The Morgan fingerprint density at radius 2 is 1.77 bits per heavy atom. The number of ether oxygens (including phenoxy) is 2. The number of nitrogens with zero attached hydrogens (tertiary/aromatic N) is 1. The molecule has 1 fully saturated rings. The maximum atomic E-state index is 12.8. The maximum Gasteiger partial charge on any atom is 0.327 e. The van der Waals surface area contributed by atoms with Crippen LogP contribution in [0.25, 0.3) is 0 Å². The van der Waals surface area contributed by atoms with Crippen LogP contribution in [-0.2, 0) is 36.6 Å². The lowest BCUT2D eigenvalue weighted by Gasteiger charge is -2.34. The molecule has 144 valence electrons. The van der Waals surface area contributed by atoms with E-state index in [0.717, 1.165) is 22.7 Å². The third kappa shape index (κ3) is 5.04. The number of esters is 2. The Hall–Kier alpha value is -1.93. The van der Waals surface area contributed by atoms with E-state index < -0.39 is 28.4 Å². The molecule has 0 aliphatic heterocycles. The molecule has 0 saturated heterocycles. The van der Waals surface area contributed by atoms with Crippen molar-refractivity contribution in [1.29, 1.82) is 0 Å². The van der Waals surface area contributed by atoms with Crippen molar-refractivity contribution in [3.63, 3.8) is 0 Å². The lowest BCUT2D eigenvalue weighted by atomic mass is 9.97. The number of hydrogen-bond donors (Lipinski definition) is 1. The minimum atomic E-state index is -3.04. The third-order valence-corrected chi connectivity index (χ3v) is 5.52. The van der Waals surface area contributed by atoms with Gasteiger partial charge in [0.2, 0.25) is 10.9 Å². The Kier molecular flexibility index (Phi) is 7.59. The van der Waals surface area contributed by atoms with Crippen LogP contribution in [0.3, 0.4) is 0 Å². The van der Waals surface area contributed by atoms with Crippen molar-refractivity contribution < 1.29 is 27.5 Å². The van der Waals surface area contributed by atoms with E-state index in [1.807, 2.05) is 30.3 Å². The monoisotopic (exact) mass is 383 g/mol. The molecule has 1 saturated carbocycles. The molecule has 0 atom stereocenters. The van der Waals surface area contributed by atoms with Crippen molar-refractivity contribution >= 4 is 22.8 Å². The molecule has 1 aliphatic rings. The quantitative estimate of drug-likeness (QED) is 0.517. The van der Waals surface area contributed by atoms with Crippen LogP contribution in [-0.4, -0.2) is 43.4 Å². The highest BCUT2D eigenvalue weighted by Gasteiger charge is 2.49. The first-order chi connectivity index (χ1) is 12.5. The Balaban J connectivity index is 2.11. The molecule has 0 aromatic heterocycles. The van der Waals surface area contributed by atoms with Crippen molar-refractivity contribution in [1.82, 2.24) is 4.31 Å². The number of benzene rings is 1. The van der Waals surface area contributed by atoms with Gasteiger partial charge in [-0.2, -0.15) is 4.31 Å². The molecule has 0 heterocycles. The molecule has 1 aromatic rings. The van der Waals surface area contributed by atoms with Gasteiger partial charge in [0, 0.05) is 6.54 Å². The zero-order valence-corrected chi connectivity index (χ0v) is 15.8. The molecule has 7 nitrogen and oxygen atoms in total. The standard InChI is InChI=1S/C18H25NO6S/c1-2-24-16(20)10-13-19(26(22)23)18(11-6-7-12-18)17(21)25-14-15-8-4-3-5-9-15/h3-5,8-9,26H,2,6-7,10-14H2,1H3. The van der Waals surface area contributed by atoms with E-state index in [0.29, 0.717) is 12.8 Å². The first kappa shape index (κ1) is 20.4. The topological polar surface area (TPSA) is 90.0 Å². The number of thiol groups is 1. The number of rotatable bonds is 9. The van der Waals surface area contributed by atoms with Crippen LogP contribution in [0.4, 0.5) is 0 Å². The molecular weight excluding hydrogens is 358 g/mol. The predicted octanol–water partition coefficient (Wildman–Crippen LogP) is 1.82. The Morgan fingerprint density at radius 3 is 2.35 bits per heavy atom. The van der Waals surface area contributed by atoms with Crippen LogP contribution in [0.15, 0.2) is 30.3 Å². The van der Waals surface area contributed by atoms with Crippen LogP contribution in [0.5, 0.6) is 0 Å². The van der Waals surface area contributed by atoms with Crippen molar-refractivity contribution in [2.45, 2.75) is 51.2 Å². The fourth-order valence-corrected chi connectivity index (χ4v) is 4.12. The van der Waals surface area contributed by atoms with Crippen molar-refractivity contribution in [2.75, 3.05) is 13.2 Å². The van der Waals surface area contributed by atoms with Gasteiger partial charge in [-0.25, -0.2) is 13.2 Å². The van der Waals surface area contributed by atoms with Crippen molar-refractivity contribution in [3.05, 3.63) is 35.9 Å². The number of carbonyl (C=O) groups is 2. The Bertz CT molecular complexity index is 674. The molecule has 1 aliphatic carbocycles. The van der Waals surface area contributed by atoms with Gasteiger partial charge >= 0.3 is 11.9 Å². The van der Waals surface area contributed by atoms with Crippen molar-refractivity contribution in [3.8, 4) is 0 Å². The summed E-state index contributed by atoms with van der Waals surface area (Å²) >= 11 is 0. The molecule has 0 spiro atoms. The van der Waals surface area contributed by atoms with Gasteiger partial charge in [0.15, 0.2) is 0 Å². The summed E-state index contributed by atoms with van der Waals surface area (Å²) in [5, 5.41) is 0. The zero-order valence-electron chi connectivity index (χ0n) is 14.9. The highest BCUT2D eigenvalue weighted by Crippen LogP contribution is 2.37. The minimum absolute atomic E-state index is 0.0853. The van der Waals surface area contributed by atoms with E-state index in [1.165, 1.54) is 0 Å². The second-order valence-electron chi connectivity index (χ2n) is 6.22. The van der Waals surface area contributed by atoms with Gasteiger partial charge in [0.25, 0.3) is 0 Å². The normalized spacial score (nSPS) is 16.0. The Labute approximate surface area is 155 Å². The van der Waals surface area contributed by atoms with Gasteiger partial charge in [-0.05, 0) is 25.3 Å². The van der Waals surface area contributed by atoms with Gasteiger partial charge < -0.3 is 9.47 Å². The number of hydrogen-bond acceptors (Lipinski definition) is 6. The SMILES string of the molecule is CCOC(=O)CCN([SH](=O)=O)C1(C(=O)OCc2ccccc2)CCCC1. The van der Waals surface area contributed by atoms with Gasteiger partial charge in [0.05, 0.1) is 13.0 Å². The van der Waals surface area contributed by atoms with Crippen LogP contribution < -0.4 is 0 Å². The fraction of sp³-hybridized carbons (Fsp3) is 0.556. The van der Waals surface area contributed by atoms with Crippen LogP contribution in [0.1, 0.15) is 44.6 Å². The summed E-state index contributed by atoms with van der Waals surface area (Å²) in [6.07, 6.45) is 2.17. The molecule has 0 N–H and O–H groups in total. The highest BCUT2D eigenvalue weighted by molar-refractivity contribution is 7.70. The summed E-state index contributed by atoms with van der Waals surface area (Å²) in [6, 6.07) is 9.22. The summed E-state index contributed by atoms with van der Waals surface area (Å²) in [5.41, 5.74) is -0.394. The average Bonchev–Trinajstić information content (AvgIpc) is 3.11. The lowest BCUT2D eigenvalue weighted by Crippen LogP contribution is -2.53. The smallest absolute Gasteiger partial charge is 0.327 e. The van der Waals surface area contributed by atoms with E-state index in [2.05, 4.69) is 0 Å². The molecule has 26 heavy (non-hydrogen) atoms. The van der Waals surface area contributed by atoms with Crippen LogP contribution in [0, 0.1) is 0 Å². The zero-order chi connectivity index (χ0) is 19.0. The largest absolute Gasteiger partial charge is 0.466 e. The van der Waals surface area contributed by atoms with E-state index in [-0.39, 0.29) is 26.2 Å².